The van der Waals surface area contributed by atoms with Gasteiger partial charge in [0.15, 0.2) is 0 Å². The Morgan fingerprint density at radius 1 is 1.59 bits per heavy atom. The number of aliphatic carboxylic acids is 1. The van der Waals surface area contributed by atoms with Crippen LogP contribution in [0.2, 0.25) is 0 Å². The Morgan fingerprint density at radius 2 is 2.18 bits per heavy atom. The minimum absolute atomic E-state index is 0.568. The monoisotopic (exact) mass is 235 g/mol. The number of carboxylic acid groups (broad SMARTS) is 1. The van der Waals surface area contributed by atoms with Crippen molar-refractivity contribution in [1.29, 1.82) is 5.26 Å². The van der Waals surface area contributed by atoms with Crippen molar-refractivity contribution in [3.8, 4) is 6.07 Å². The van der Waals surface area contributed by atoms with Crippen LogP contribution >= 0.6 is 0 Å². The molecule has 0 spiro atoms. The third-order valence-electron chi connectivity index (χ3n) is 3.27. The van der Waals surface area contributed by atoms with Gasteiger partial charge in [-0.3, -0.25) is 0 Å². The zero-order chi connectivity index (χ0) is 13.1. The number of rotatable bonds is 5. The van der Waals surface area contributed by atoms with Crippen LogP contribution in [0.4, 0.5) is 0 Å². The van der Waals surface area contributed by atoms with Crippen LogP contribution < -0.4 is 0 Å². The number of nitrogens with zero attached hydrogens (tertiary/aromatic N) is 1. The van der Waals surface area contributed by atoms with E-state index in [9.17, 15) is 9.90 Å². The van der Waals surface area contributed by atoms with E-state index in [1.54, 1.807) is 13.0 Å². The molecule has 92 valence electrons. The van der Waals surface area contributed by atoms with E-state index < -0.39 is 17.0 Å². The molecule has 0 bridgehead atoms. The number of allylic oxidation sites excluding steroid dienone is 2. The molecule has 0 heterocycles. The van der Waals surface area contributed by atoms with Crippen LogP contribution in [0.15, 0.2) is 23.8 Å². The molecule has 1 saturated carbocycles. The zero-order valence-electron chi connectivity index (χ0n) is 10.1. The summed E-state index contributed by atoms with van der Waals surface area (Å²) < 4.78 is 0. The van der Waals surface area contributed by atoms with Gasteiger partial charge in [-0.25, -0.2) is 4.79 Å². The van der Waals surface area contributed by atoms with E-state index in [4.69, 9.17) is 10.4 Å². The molecular weight excluding hydrogens is 218 g/mol. The van der Waals surface area contributed by atoms with Gasteiger partial charge in [0, 0.05) is 6.08 Å². The molecular formula is C13H17NO3. The normalized spacial score (nSPS) is 21.9. The van der Waals surface area contributed by atoms with Crippen LogP contribution in [-0.4, -0.2) is 21.8 Å². The smallest absolute Gasteiger partial charge is 0.328 e. The van der Waals surface area contributed by atoms with Gasteiger partial charge in [-0.1, -0.05) is 19.1 Å². The molecule has 17 heavy (non-hydrogen) atoms. The number of carbonyl (C=O) groups is 1. The SMILES string of the molecule is CCC(=C/C(=O)O)/C=C/[C@@](C)(O)C1(C#N)CC1. The minimum Gasteiger partial charge on any atom is -0.478 e. The van der Waals surface area contributed by atoms with Gasteiger partial charge in [-0.2, -0.15) is 5.26 Å². The molecule has 1 atom stereocenters. The van der Waals surface area contributed by atoms with Crippen molar-refractivity contribution in [2.75, 3.05) is 0 Å². The lowest BCUT2D eigenvalue weighted by Gasteiger charge is -2.24. The van der Waals surface area contributed by atoms with Crippen molar-refractivity contribution in [2.45, 2.75) is 38.7 Å². The predicted molar refractivity (Wildman–Crippen MR) is 63.1 cm³/mol. The van der Waals surface area contributed by atoms with E-state index in [1.165, 1.54) is 6.08 Å². The van der Waals surface area contributed by atoms with Gasteiger partial charge in [0.25, 0.3) is 0 Å². The number of carboxylic acids is 1. The fourth-order valence-electron chi connectivity index (χ4n) is 1.71. The summed E-state index contributed by atoms with van der Waals surface area (Å²) >= 11 is 0. The first-order chi connectivity index (χ1) is 7.87. The molecule has 0 radical (unpaired) electrons. The van der Waals surface area contributed by atoms with Crippen molar-refractivity contribution in [3.63, 3.8) is 0 Å². The summed E-state index contributed by atoms with van der Waals surface area (Å²) in [7, 11) is 0. The van der Waals surface area contributed by atoms with Crippen LogP contribution in [0.1, 0.15) is 33.1 Å². The Balaban J connectivity index is 2.83. The van der Waals surface area contributed by atoms with Crippen LogP contribution in [0.3, 0.4) is 0 Å². The average molecular weight is 235 g/mol. The summed E-state index contributed by atoms with van der Waals surface area (Å²) in [6.07, 6.45) is 6.17. The third-order valence-corrected chi connectivity index (χ3v) is 3.27. The van der Waals surface area contributed by atoms with E-state index >= 15 is 0 Å². The van der Waals surface area contributed by atoms with Crippen LogP contribution in [-0.2, 0) is 4.79 Å². The second-order valence-electron chi connectivity index (χ2n) is 4.59. The Labute approximate surface area is 101 Å². The molecule has 0 aromatic heterocycles. The summed E-state index contributed by atoms with van der Waals surface area (Å²) in [5.41, 5.74) is -1.27. The maximum absolute atomic E-state index is 10.5. The number of aliphatic hydroxyl groups is 1. The molecule has 1 aliphatic rings. The molecule has 4 heteroatoms. The number of hydrogen-bond donors (Lipinski definition) is 2. The first kappa shape index (κ1) is 13.5. The van der Waals surface area contributed by atoms with Crippen LogP contribution in [0.25, 0.3) is 0 Å². The second-order valence-corrected chi connectivity index (χ2v) is 4.59. The van der Waals surface area contributed by atoms with E-state index in [-0.39, 0.29) is 0 Å². The van der Waals surface area contributed by atoms with Crippen molar-refractivity contribution in [3.05, 3.63) is 23.8 Å². The maximum atomic E-state index is 10.5. The van der Waals surface area contributed by atoms with Gasteiger partial charge in [-0.15, -0.1) is 0 Å². The van der Waals surface area contributed by atoms with Crippen molar-refractivity contribution < 1.29 is 15.0 Å². The van der Waals surface area contributed by atoms with Crippen molar-refractivity contribution in [2.24, 2.45) is 5.41 Å². The standard InChI is InChI=1S/C13H17NO3/c1-3-10(8-11(15)16)4-5-12(2,17)13(9-14)6-7-13/h4-5,8,17H,3,6-7H2,1-2H3,(H,15,16)/b5-4+,10-8-/t12-/m1/s1. The largest absolute Gasteiger partial charge is 0.478 e. The van der Waals surface area contributed by atoms with Gasteiger partial charge in [0.1, 0.15) is 0 Å². The van der Waals surface area contributed by atoms with E-state index in [0.29, 0.717) is 24.8 Å². The van der Waals surface area contributed by atoms with E-state index in [0.717, 1.165) is 6.08 Å². The summed E-state index contributed by atoms with van der Waals surface area (Å²) in [6.45, 7) is 3.43. The summed E-state index contributed by atoms with van der Waals surface area (Å²) in [5, 5.41) is 27.8. The Morgan fingerprint density at radius 3 is 2.53 bits per heavy atom. The highest BCUT2D eigenvalue weighted by atomic mass is 16.4. The maximum Gasteiger partial charge on any atom is 0.328 e. The molecule has 1 fully saturated rings. The minimum atomic E-state index is -1.20. The fraction of sp³-hybridized carbons (Fsp3) is 0.538. The number of nitriles is 1. The van der Waals surface area contributed by atoms with Crippen molar-refractivity contribution in [1.82, 2.24) is 0 Å². The Hall–Kier alpha value is -1.60. The van der Waals surface area contributed by atoms with Gasteiger partial charge in [-0.05, 0) is 31.8 Å². The lowest BCUT2D eigenvalue weighted by atomic mass is 9.86. The molecule has 0 amide bonds. The second kappa shape index (κ2) is 4.72. The highest BCUT2D eigenvalue weighted by Gasteiger charge is 2.55. The van der Waals surface area contributed by atoms with Gasteiger partial charge in [0.05, 0.1) is 17.1 Å². The summed E-state index contributed by atoms with van der Waals surface area (Å²) in [6, 6.07) is 2.14. The molecule has 1 aliphatic carbocycles. The molecule has 1 rings (SSSR count). The fourth-order valence-corrected chi connectivity index (χ4v) is 1.71. The quantitative estimate of drug-likeness (QED) is 0.564. The molecule has 0 aromatic carbocycles. The molecule has 0 saturated heterocycles. The zero-order valence-corrected chi connectivity index (χ0v) is 10.1. The molecule has 0 aliphatic heterocycles. The van der Waals surface area contributed by atoms with Gasteiger partial charge >= 0.3 is 5.97 Å². The van der Waals surface area contributed by atoms with Crippen LogP contribution in [0.5, 0.6) is 0 Å². The topological polar surface area (TPSA) is 81.3 Å². The van der Waals surface area contributed by atoms with Crippen LogP contribution in [0, 0.1) is 16.7 Å². The Kier molecular flexibility index (Phi) is 3.74. The third kappa shape index (κ3) is 2.95. The molecule has 2 N–H and O–H groups in total. The molecule has 0 aromatic rings. The average Bonchev–Trinajstić information content (AvgIpc) is 3.04. The summed E-state index contributed by atoms with van der Waals surface area (Å²) in [4.78, 5) is 10.5. The lowest BCUT2D eigenvalue weighted by molar-refractivity contribution is -0.131. The first-order valence-electron chi connectivity index (χ1n) is 5.63. The lowest BCUT2D eigenvalue weighted by Crippen LogP contribution is -2.32. The van der Waals surface area contributed by atoms with Gasteiger partial charge < -0.3 is 10.2 Å². The first-order valence-corrected chi connectivity index (χ1v) is 5.63. The van der Waals surface area contributed by atoms with Crippen molar-refractivity contribution >= 4 is 5.97 Å². The summed E-state index contributed by atoms with van der Waals surface area (Å²) in [5.74, 6) is -1.01. The Bertz CT molecular complexity index is 409. The van der Waals surface area contributed by atoms with E-state index in [2.05, 4.69) is 6.07 Å². The van der Waals surface area contributed by atoms with E-state index in [1.807, 2.05) is 6.92 Å². The number of hydrogen-bond acceptors (Lipinski definition) is 3. The highest BCUT2D eigenvalue weighted by molar-refractivity contribution is 5.81. The predicted octanol–water partition coefficient (Wildman–Crippen LogP) is 2.02. The van der Waals surface area contributed by atoms with Gasteiger partial charge in [0.2, 0.25) is 0 Å². The molecule has 4 nitrogen and oxygen atoms in total. The molecule has 0 unspecified atom stereocenters. The highest BCUT2D eigenvalue weighted by Crippen LogP contribution is 2.54.